The Bertz CT molecular complexity index is 420. The molecule has 1 aromatic rings. The van der Waals surface area contributed by atoms with Crippen LogP contribution in [0, 0.1) is 5.82 Å². The lowest BCUT2D eigenvalue weighted by molar-refractivity contribution is -0.122. The number of rotatable bonds is 6. The maximum absolute atomic E-state index is 12.8. The van der Waals surface area contributed by atoms with Gasteiger partial charge in [0.2, 0.25) is 5.91 Å². The fraction of sp³-hybridized carbons (Fsp3) is 0.333. The summed E-state index contributed by atoms with van der Waals surface area (Å²) in [5.41, 5.74) is 5.55. The van der Waals surface area contributed by atoms with Crippen LogP contribution in [-0.2, 0) is 14.3 Å². The number of primary amides is 1. The first-order valence-corrected chi connectivity index (χ1v) is 5.37. The quantitative estimate of drug-likeness (QED) is 0.811. The van der Waals surface area contributed by atoms with E-state index in [1.54, 1.807) is 0 Å². The molecule has 0 saturated heterocycles. The SMILES string of the molecule is COCC(=O)N(CCC(N)=O)c1ccc(F)cc1. The third-order valence-electron chi connectivity index (χ3n) is 2.29. The highest BCUT2D eigenvalue weighted by molar-refractivity contribution is 5.94. The minimum atomic E-state index is -0.507. The fourth-order valence-electron chi connectivity index (χ4n) is 1.44. The van der Waals surface area contributed by atoms with Gasteiger partial charge in [-0.25, -0.2) is 4.39 Å². The summed E-state index contributed by atoms with van der Waals surface area (Å²) in [7, 11) is 1.40. The highest BCUT2D eigenvalue weighted by Crippen LogP contribution is 2.15. The number of nitrogens with two attached hydrogens (primary N) is 1. The van der Waals surface area contributed by atoms with Gasteiger partial charge in [-0.15, -0.1) is 0 Å². The summed E-state index contributed by atoms with van der Waals surface area (Å²) >= 11 is 0. The summed E-state index contributed by atoms with van der Waals surface area (Å²) < 4.78 is 17.6. The second-order valence-corrected chi connectivity index (χ2v) is 3.67. The molecular weight excluding hydrogens is 239 g/mol. The fourth-order valence-corrected chi connectivity index (χ4v) is 1.44. The lowest BCUT2D eigenvalue weighted by atomic mass is 10.2. The Labute approximate surface area is 104 Å². The Morgan fingerprint density at radius 3 is 2.44 bits per heavy atom. The Balaban J connectivity index is 2.85. The molecule has 5 nitrogen and oxygen atoms in total. The highest BCUT2D eigenvalue weighted by Gasteiger charge is 2.16. The van der Waals surface area contributed by atoms with E-state index in [1.165, 1.54) is 36.3 Å². The molecule has 0 aliphatic heterocycles. The molecule has 0 aromatic heterocycles. The third-order valence-corrected chi connectivity index (χ3v) is 2.29. The number of nitrogens with zero attached hydrogens (tertiary/aromatic N) is 1. The smallest absolute Gasteiger partial charge is 0.252 e. The van der Waals surface area contributed by atoms with Crippen molar-refractivity contribution in [2.24, 2.45) is 5.73 Å². The summed E-state index contributed by atoms with van der Waals surface area (Å²) in [6.07, 6.45) is 0.0346. The zero-order valence-electron chi connectivity index (χ0n) is 10.1. The molecule has 6 heteroatoms. The number of methoxy groups -OCH3 is 1. The van der Waals surface area contributed by atoms with E-state index in [9.17, 15) is 14.0 Å². The first-order valence-electron chi connectivity index (χ1n) is 5.37. The van der Waals surface area contributed by atoms with Gasteiger partial charge in [0.05, 0.1) is 0 Å². The van der Waals surface area contributed by atoms with Gasteiger partial charge < -0.3 is 15.4 Å². The molecule has 0 unspecified atom stereocenters. The zero-order valence-corrected chi connectivity index (χ0v) is 10.1. The van der Waals surface area contributed by atoms with Gasteiger partial charge in [-0.1, -0.05) is 0 Å². The van der Waals surface area contributed by atoms with Crippen LogP contribution < -0.4 is 10.6 Å². The maximum Gasteiger partial charge on any atom is 0.252 e. The van der Waals surface area contributed by atoms with Crippen LogP contribution in [0.3, 0.4) is 0 Å². The van der Waals surface area contributed by atoms with Crippen LogP contribution in [0.15, 0.2) is 24.3 Å². The minimum Gasteiger partial charge on any atom is -0.375 e. The molecule has 1 rings (SSSR count). The molecule has 0 aliphatic carbocycles. The minimum absolute atomic E-state index is 0.0346. The molecular formula is C12H15FN2O3. The molecule has 98 valence electrons. The molecule has 0 radical (unpaired) electrons. The Hall–Kier alpha value is -1.95. The number of carbonyl (C=O) groups is 2. The standard InChI is InChI=1S/C12H15FN2O3/c1-18-8-12(17)15(7-6-11(14)16)10-4-2-9(13)3-5-10/h2-5H,6-8H2,1H3,(H2,14,16). The number of hydrogen-bond acceptors (Lipinski definition) is 3. The maximum atomic E-state index is 12.8. The summed E-state index contributed by atoms with van der Waals surface area (Å²) in [4.78, 5) is 23.9. The molecule has 0 spiro atoms. The zero-order chi connectivity index (χ0) is 13.5. The largest absolute Gasteiger partial charge is 0.375 e. The normalized spacial score (nSPS) is 10.1. The van der Waals surface area contributed by atoms with Crippen LogP contribution >= 0.6 is 0 Å². The number of anilines is 1. The van der Waals surface area contributed by atoms with Crippen LogP contribution in [0.1, 0.15) is 6.42 Å². The van der Waals surface area contributed by atoms with E-state index < -0.39 is 11.7 Å². The Kier molecular flexibility index (Phi) is 5.26. The number of halogens is 1. The van der Waals surface area contributed by atoms with Crippen LogP contribution in [0.5, 0.6) is 0 Å². The van der Waals surface area contributed by atoms with Crippen molar-refractivity contribution in [3.8, 4) is 0 Å². The average Bonchev–Trinajstić information content (AvgIpc) is 2.31. The molecule has 0 atom stereocenters. The van der Waals surface area contributed by atoms with Gasteiger partial charge in [-0.2, -0.15) is 0 Å². The number of ether oxygens (including phenoxy) is 1. The van der Waals surface area contributed by atoms with Gasteiger partial charge in [0.15, 0.2) is 0 Å². The van der Waals surface area contributed by atoms with Crippen LogP contribution in [0.4, 0.5) is 10.1 Å². The molecule has 0 bridgehead atoms. The van der Waals surface area contributed by atoms with E-state index in [4.69, 9.17) is 10.5 Å². The summed E-state index contributed by atoms with van der Waals surface area (Å²) in [6.45, 7) is 0.0271. The summed E-state index contributed by atoms with van der Waals surface area (Å²) in [6, 6.07) is 5.41. The Morgan fingerprint density at radius 1 is 1.33 bits per heavy atom. The van der Waals surface area contributed by atoms with Gasteiger partial charge in [0, 0.05) is 25.8 Å². The van der Waals surface area contributed by atoms with Crippen molar-refractivity contribution in [1.29, 1.82) is 0 Å². The van der Waals surface area contributed by atoms with Crippen molar-refractivity contribution in [2.75, 3.05) is 25.2 Å². The number of benzene rings is 1. The second kappa shape index (κ2) is 6.70. The predicted octanol–water partition coefficient (Wildman–Crippen LogP) is 0.681. The third kappa shape index (κ3) is 4.14. The predicted molar refractivity (Wildman–Crippen MR) is 64.4 cm³/mol. The second-order valence-electron chi connectivity index (χ2n) is 3.67. The van der Waals surface area contributed by atoms with Gasteiger partial charge in [0.1, 0.15) is 12.4 Å². The van der Waals surface area contributed by atoms with E-state index in [1.807, 2.05) is 0 Å². The van der Waals surface area contributed by atoms with E-state index in [0.29, 0.717) is 5.69 Å². The van der Waals surface area contributed by atoms with Gasteiger partial charge >= 0.3 is 0 Å². The van der Waals surface area contributed by atoms with E-state index >= 15 is 0 Å². The van der Waals surface area contributed by atoms with E-state index in [-0.39, 0.29) is 25.5 Å². The Morgan fingerprint density at radius 2 is 1.94 bits per heavy atom. The van der Waals surface area contributed by atoms with Crippen molar-refractivity contribution in [2.45, 2.75) is 6.42 Å². The van der Waals surface area contributed by atoms with Crippen LogP contribution in [0.2, 0.25) is 0 Å². The van der Waals surface area contributed by atoms with E-state index in [0.717, 1.165) is 0 Å². The molecule has 18 heavy (non-hydrogen) atoms. The monoisotopic (exact) mass is 254 g/mol. The topological polar surface area (TPSA) is 72.6 Å². The molecule has 0 heterocycles. The summed E-state index contributed by atoms with van der Waals surface area (Å²) in [5, 5.41) is 0. The number of hydrogen-bond donors (Lipinski definition) is 1. The average molecular weight is 254 g/mol. The van der Waals surface area contributed by atoms with Crippen LogP contribution in [-0.4, -0.2) is 32.1 Å². The molecule has 2 N–H and O–H groups in total. The van der Waals surface area contributed by atoms with Crippen molar-refractivity contribution in [1.82, 2.24) is 0 Å². The number of amides is 2. The van der Waals surface area contributed by atoms with Crippen LogP contribution in [0.25, 0.3) is 0 Å². The first-order chi connectivity index (χ1) is 8.54. The molecule has 0 fully saturated rings. The molecule has 0 aliphatic rings. The molecule has 0 saturated carbocycles. The van der Waals surface area contributed by atoms with Crippen molar-refractivity contribution >= 4 is 17.5 Å². The highest BCUT2D eigenvalue weighted by atomic mass is 19.1. The number of carbonyl (C=O) groups excluding carboxylic acids is 2. The van der Waals surface area contributed by atoms with Gasteiger partial charge in [-0.3, -0.25) is 9.59 Å². The van der Waals surface area contributed by atoms with Gasteiger partial charge in [0.25, 0.3) is 5.91 Å². The molecule has 2 amide bonds. The lowest BCUT2D eigenvalue weighted by Gasteiger charge is -2.22. The van der Waals surface area contributed by atoms with Crippen molar-refractivity contribution in [3.05, 3.63) is 30.1 Å². The van der Waals surface area contributed by atoms with Gasteiger partial charge in [-0.05, 0) is 24.3 Å². The van der Waals surface area contributed by atoms with E-state index in [2.05, 4.69) is 0 Å². The first kappa shape index (κ1) is 14.1. The molecule has 1 aromatic carbocycles. The summed E-state index contributed by atoms with van der Waals surface area (Å²) in [5.74, 6) is -1.22. The lowest BCUT2D eigenvalue weighted by Crippen LogP contribution is -2.36. The van der Waals surface area contributed by atoms with Crippen molar-refractivity contribution in [3.63, 3.8) is 0 Å². The van der Waals surface area contributed by atoms with Crippen molar-refractivity contribution < 1.29 is 18.7 Å².